The van der Waals surface area contributed by atoms with Gasteiger partial charge in [-0.3, -0.25) is 0 Å². The van der Waals surface area contributed by atoms with Gasteiger partial charge in [0.2, 0.25) is 15.6 Å². The molecule has 0 heterocycles. The molecule has 0 saturated heterocycles. The van der Waals surface area contributed by atoms with Crippen LogP contribution in [0, 0.1) is 29.1 Å². The Labute approximate surface area is 136 Å². The summed E-state index contributed by atoms with van der Waals surface area (Å²) in [6.45, 7) is 0. The average Bonchev–Trinajstić information content (AvgIpc) is 2.44. The van der Waals surface area contributed by atoms with E-state index in [1.165, 1.54) is 0 Å². The predicted octanol–water partition coefficient (Wildman–Crippen LogP) is 2.94. The summed E-state index contributed by atoms with van der Waals surface area (Å²) in [7, 11) is -15.5. The van der Waals surface area contributed by atoms with Crippen LogP contribution in [0.2, 0.25) is 0 Å². The summed E-state index contributed by atoms with van der Waals surface area (Å²) in [5, 5.41) is 0. The topological polar surface area (TPSA) is 71.1 Å². The minimum absolute atomic E-state index is 3.09. The fourth-order valence-electron chi connectivity index (χ4n) is 1.41. The van der Waals surface area contributed by atoms with Gasteiger partial charge in [-0.05, 0) is 0 Å². The number of sulfone groups is 1. The second kappa shape index (κ2) is 6.22. The van der Waals surface area contributed by atoms with Gasteiger partial charge in [-0.15, -0.1) is 4.55 Å². The highest BCUT2D eigenvalue weighted by Crippen LogP contribution is 2.36. The van der Waals surface area contributed by atoms with E-state index in [1.54, 1.807) is 0 Å². The van der Waals surface area contributed by atoms with Crippen LogP contribution >= 0.6 is 0 Å². The summed E-state index contributed by atoms with van der Waals surface area (Å²) in [4.78, 5) is 0. The van der Waals surface area contributed by atoms with Gasteiger partial charge in [0.05, 0.1) is 5.56 Å². The molecule has 1 radical (unpaired) electrons. The van der Waals surface area contributed by atoms with Crippen molar-refractivity contribution in [2.75, 3.05) is 0 Å². The second-order valence-corrected chi connectivity index (χ2v) is 8.15. The zero-order chi connectivity index (χ0) is 21.0. The van der Waals surface area contributed by atoms with E-state index < -0.39 is 69.5 Å². The normalized spacial score (nSPS) is 15.7. The molecule has 0 aromatic heterocycles. The van der Waals surface area contributed by atoms with Gasteiger partial charge in [0.25, 0.3) is 9.84 Å². The van der Waals surface area contributed by atoms with Gasteiger partial charge in [-0.25, -0.2) is 34.6 Å². The van der Waals surface area contributed by atoms with Crippen LogP contribution in [0.3, 0.4) is 0 Å². The summed E-state index contributed by atoms with van der Waals surface area (Å²) in [6, 6.07) is 0. The SMILES string of the molecule is [O]S(=O)(=C(c1c(F)c(F)c(F)c(F)c1F)S(=O)(=O)C(F)(F)F)C(F)(F)F. The third-order valence-corrected chi connectivity index (χ3v) is 6.43. The highest BCUT2D eigenvalue weighted by Gasteiger charge is 2.58. The average molecular weight is 445 g/mol. The largest absolute Gasteiger partial charge is 0.502 e. The lowest BCUT2D eigenvalue weighted by molar-refractivity contribution is -0.0479. The van der Waals surface area contributed by atoms with Gasteiger partial charge < -0.3 is 0 Å². The monoisotopic (exact) mass is 445 g/mol. The predicted molar refractivity (Wildman–Crippen MR) is 60.2 cm³/mol. The Balaban J connectivity index is 4.43. The van der Waals surface area contributed by atoms with Crippen LogP contribution in [-0.2, 0) is 24.2 Å². The van der Waals surface area contributed by atoms with Gasteiger partial charge in [-0.1, -0.05) is 0 Å². The summed E-state index contributed by atoms with van der Waals surface area (Å²) in [5.74, 6) is -16.5. The molecule has 1 aromatic carbocycles. The van der Waals surface area contributed by atoms with Crippen LogP contribution in [0.5, 0.6) is 0 Å². The highest BCUT2D eigenvalue weighted by molar-refractivity contribution is 8.23. The Hall–Kier alpha value is -1.62. The molecule has 1 aromatic rings. The third-order valence-electron chi connectivity index (χ3n) is 2.51. The van der Waals surface area contributed by atoms with E-state index in [0.717, 1.165) is 0 Å². The van der Waals surface area contributed by atoms with Crippen LogP contribution in [0.15, 0.2) is 0 Å². The molecule has 0 aliphatic carbocycles. The van der Waals surface area contributed by atoms with Crippen LogP contribution in [0.4, 0.5) is 48.3 Å². The van der Waals surface area contributed by atoms with Crippen molar-refractivity contribution >= 4 is 23.8 Å². The van der Waals surface area contributed by atoms with Gasteiger partial charge in [0, 0.05) is 0 Å². The molecular formula is C9F11O4S2. The highest BCUT2D eigenvalue weighted by atomic mass is 32.3. The van der Waals surface area contributed by atoms with Crippen LogP contribution in [0.1, 0.15) is 5.56 Å². The van der Waals surface area contributed by atoms with Crippen LogP contribution in [-0.4, -0.2) is 27.8 Å². The molecule has 0 aliphatic rings. The summed E-state index contributed by atoms with van der Waals surface area (Å²) in [5.41, 5.74) is -17.2. The van der Waals surface area contributed by atoms with Crippen molar-refractivity contribution in [3.8, 4) is 0 Å². The molecule has 0 saturated carbocycles. The molecule has 0 aliphatic heterocycles. The number of alkyl halides is 6. The molecule has 0 fully saturated rings. The van der Waals surface area contributed by atoms with E-state index >= 15 is 0 Å². The molecule has 0 bridgehead atoms. The summed E-state index contributed by atoms with van der Waals surface area (Å²) in [6.07, 6.45) is 0. The second-order valence-electron chi connectivity index (χ2n) is 4.13. The Kier molecular flexibility index (Phi) is 5.37. The number of hydrogen-bond acceptors (Lipinski definition) is 3. The molecule has 1 rings (SSSR count). The van der Waals surface area contributed by atoms with Crippen molar-refractivity contribution in [2.24, 2.45) is 0 Å². The first-order valence-electron chi connectivity index (χ1n) is 5.31. The molecule has 17 heteroatoms. The zero-order valence-corrected chi connectivity index (χ0v) is 12.7. The maximum absolute atomic E-state index is 13.5. The van der Waals surface area contributed by atoms with Gasteiger partial charge in [0.15, 0.2) is 27.5 Å². The molecule has 1 atom stereocenters. The van der Waals surface area contributed by atoms with Crippen molar-refractivity contribution in [3.63, 3.8) is 0 Å². The minimum atomic E-state index is -7.75. The molecule has 4 nitrogen and oxygen atoms in total. The fraction of sp³-hybridized carbons (Fsp3) is 0.222. The van der Waals surface area contributed by atoms with E-state index in [-0.39, 0.29) is 0 Å². The third kappa shape index (κ3) is 3.22. The standard InChI is InChI=1S/C9F11O4S2/c10-2-1(3(11)5(13)6(14)4(2)12)7(25(21,22)8(15,16)17)26(23,24)9(18,19)20. The smallest absolute Gasteiger partial charge is 0.227 e. The van der Waals surface area contributed by atoms with E-state index in [1.807, 2.05) is 0 Å². The maximum Gasteiger partial charge on any atom is 0.502 e. The molecule has 0 spiro atoms. The van der Waals surface area contributed by atoms with E-state index in [9.17, 15) is 65.5 Å². The lowest BCUT2D eigenvalue weighted by Crippen LogP contribution is -2.41. The number of rotatable bonds is 1. The molecule has 26 heavy (non-hydrogen) atoms. The van der Waals surface area contributed by atoms with Gasteiger partial charge in [-0.2, -0.15) is 26.3 Å². The number of benzene rings is 1. The lowest BCUT2D eigenvalue weighted by Gasteiger charge is -2.17. The van der Waals surface area contributed by atoms with Crippen molar-refractivity contribution in [1.82, 2.24) is 0 Å². The Bertz CT molecular complexity index is 951. The fourth-order valence-corrected chi connectivity index (χ4v) is 4.45. The summed E-state index contributed by atoms with van der Waals surface area (Å²) < 4.78 is 181. The van der Waals surface area contributed by atoms with Crippen molar-refractivity contribution in [2.45, 2.75) is 11.0 Å². The van der Waals surface area contributed by atoms with E-state index in [4.69, 9.17) is 0 Å². The van der Waals surface area contributed by atoms with Crippen molar-refractivity contribution < 1.29 is 65.5 Å². The quantitative estimate of drug-likeness (QED) is 0.289. The Morgan fingerprint density at radius 1 is 0.615 bits per heavy atom. The van der Waals surface area contributed by atoms with Crippen LogP contribution in [0.25, 0.3) is 0 Å². The Morgan fingerprint density at radius 2 is 0.923 bits per heavy atom. The molecule has 149 valence electrons. The van der Waals surface area contributed by atoms with Crippen LogP contribution < -0.4 is 0 Å². The van der Waals surface area contributed by atoms with Gasteiger partial charge in [0.1, 0.15) is 0 Å². The molecule has 0 N–H and O–H groups in total. The zero-order valence-electron chi connectivity index (χ0n) is 11.1. The van der Waals surface area contributed by atoms with Gasteiger partial charge >= 0.3 is 11.0 Å². The Morgan fingerprint density at radius 3 is 1.19 bits per heavy atom. The molecule has 1 unspecified atom stereocenters. The first kappa shape index (κ1) is 22.4. The molecule has 0 amide bonds. The lowest BCUT2D eigenvalue weighted by atomic mass is 10.2. The number of halogens is 11. The number of hydrogen-bond donors (Lipinski definition) is 0. The van der Waals surface area contributed by atoms with E-state index in [2.05, 4.69) is 0 Å². The van der Waals surface area contributed by atoms with Crippen molar-refractivity contribution in [1.29, 1.82) is 0 Å². The maximum atomic E-state index is 13.5. The first-order chi connectivity index (χ1) is 11.3. The van der Waals surface area contributed by atoms with Crippen molar-refractivity contribution in [3.05, 3.63) is 34.6 Å². The summed E-state index contributed by atoms with van der Waals surface area (Å²) >= 11 is 0. The molecular weight excluding hydrogens is 445 g/mol. The van der Waals surface area contributed by atoms with E-state index in [0.29, 0.717) is 0 Å². The minimum Gasteiger partial charge on any atom is -0.227 e. The first-order valence-corrected chi connectivity index (χ1v) is 8.28.